The highest BCUT2D eigenvalue weighted by atomic mass is 16.5. The largest absolute Gasteiger partial charge is 0.388 e. The first-order chi connectivity index (χ1) is 14.7. The molecule has 2 rings (SSSR count). The summed E-state index contributed by atoms with van der Waals surface area (Å²) in [5, 5.41) is 0. The van der Waals surface area contributed by atoms with Gasteiger partial charge in [0.15, 0.2) is 0 Å². The second kappa shape index (κ2) is 14.5. The Kier molecular flexibility index (Phi) is 11.5. The van der Waals surface area contributed by atoms with Gasteiger partial charge in [0.05, 0.1) is 0 Å². The van der Waals surface area contributed by atoms with E-state index in [0.717, 1.165) is 31.2 Å². The van der Waals surface area contributed by atoms with E-state index in [9.17, 15) is 4.79 Å². The van der Waals surface area contributed by atoms with Crippen LogP contribution in [0.3, 0.4) is 0 Å². The van der Waals surface area contributed by atoms with E-state index in [2.05, 4.69) is 35.9 Å². The average Bonchev–Trinajstić information content (AvgIpc) is 2.78. The van der Waals surface area contributed by atoms with E-state index < -0.39 is 5.97 Å². The van der Waals surface area contributed by atoms with E-state index in [4.69, 9.17) is 4.74 Å². The number of carbonyl (C=O) groups excluding carboxylic acids is 1. The van der Waals surface area contributed by atoms with Crippen LogP contribution in [0, 0.1) is 0 Å². The number of allylic oxidation sites excluding steroid dienone is 1. The molecule has 0 aliphatic heterocycles. The quantitative estimate of drug-likeness (QED) is 0.196. The molecular weight excluding hydrogens is 372 g/mol. The standard InChI is InChI=1S/C26H36N2O2/c1-3-5-7-10-14-22-20-27-26(28-21-22)30-25(29)19-18-24(17-11-8-6-4-2)23-15-12-9-13-16-23/h9,12-13,15-16,18-21,24H,3-8,10-11,14,17H2,1-2H3. The molecule has 0 fully saturated rings. The van der Waals surface area contributed by atoms with Crippen LogP contribution in [0.5, 0.6) is 6.01 Å². The topological polar surface area (TPSA) is 52.1 Å². The minimum absolute atomic E-state index is 0.112. The lowest BCUT2D eigenvalue weighted by atomic mass is 9.92. The Morgan fingerprint density at radius 2 is 1.60 bits per heavy atom. The predicted octanol–water partition coefficient (Wildman–Crippen LogP) is 6.82. The van der Waals surface area contributed by atoms with Gasteiger partial charge in [0.2, 0.25) is 0 Å². The van der Waals surface area contributed by atoms with Gasteiger partial charge in [-0.25, -0.2) is 14.8 Å². The molecule has 2 aromatic rings. The van der Waals surface area contributed by atoms with Crippen molar-refractivity contribution in [2.45, 2.75) is 84.0 Å². The van der Waals surface area contributed by atoms with Gasteiger partial charge in [0, 0.05) is 24.4 Å². The first kappa shape index (κ1) is 23.8. The highest BCUT2D eigenvalue weighted by Crippen LogP contribution is 2.24. The Morgan fingerprint density at radius 1 is 0.933 bits per heavy atom. The molecule has 1 atom stereocenters. The SMILES string of the molecule is CCCCCCc1cnc(OC(=O)C=CC(CCCCCC)c2ccccc2)nc1. The summed E-state index contributed by atoms with van der Waals surface area (Å²) in [4.78, 5) is 20.6. The summed E-state index contributed by atoms with van der Waals surface area (Å²) in [6.07, 6.45) is 18.6. The highest BCUT2D eigenvalue weighted by molar-refractivity contribution is 5.83. The number of nitrogens with zero attached hydrogens (tertiary/aromatic N) is 2. The van der Waals surface area contributed by atoms with Crippen LogP contribution in [0.4, 0.5) is 0 Å². The monoisotopic (exact) mass is 408 g/mol. The molecule has 162 valence electrons. The first-order valence-corrected chi connectivity index (χ1v) is 11.5. The molecule has 0 N–H and O–H groups in total. The Hall–Kier alpha value is -2.49. The predicted molar refractivity (Wildman–Crippen MR) is 123 cm³/mol. The Bertz CT molecular complexity index is 741. The van der Waals surface area contributed by atoms with Crippen LogP contribution in [0.1, 0.15) is 88.7 Å². The van der Waals surface area contributed by atoms with E-state index in [1.54, 1.807) is 12.4 Å². The minimum Gasteiger partial charge on any atom is -0.388 e. The van der Waals surface area contributed by atoms with Crippen molar-refractivity contribution < 1.29 is 9.53 Å². The molecule has 1 unspecified atom stereocenters. The summed E-state index contributed by atoms with van der Waals surface area (Å²) >= 11 is 0. The summed E-state index contributed by atoms with van der Waals surface area (Å²) in [6.45, 7) is 4.42. The number of hydrogen-bond acceptors (Lipinski definition) is 4. The van der Waals surface area contributed by atoms with Gasteiger partial charge in [-0.2, -0.15) is 0 Å². The number of unbranched alkanes of at least 4 members (excludes halogenated alkanes) is 6. The van der Waals surface area contributed by atoms with Gasteiger partial charge >= 0.3 is 12.0 Å². The molecule has 0 amide bonds. The third kappa shape index (κ3) is 9.34. The van der Waals surface area contributed by atoms with Crippen LogP contribution in [-0.4, -0.2) is 15.9 Å². The fraction of sp³-hybridized carbons (Fsp3) is 0.500. The van der Waals surface area contributed by atoms with Crippen LogP contribution in [0.2, 0.25) is 0 Å². The third-order valence-electron chi connectivity index (χ3n) is 5.25. The lowest BCUT2D eigenvalue weighted by molar-refractivity contribution is -0.129. The summed E-state index contributed by atoms with van der Waals surface area (Å²) in [7, 11) is 0. The van der Waals surface area contributed by atoms with E-state index in [0.29, 0.717) is 0 Å². The van der Waals surface area contributed by atoms with Crippen molar-refractivity contribution in [2.24, 2.45) is 0 Å². The van der Waals surface area contributed by atoms with Crippen LogP contribution in [-0.2, 0) is 11.2 Å². The van der Waals surface area contributed by atoms with Gasteiger partial charge in [-0.3, -0.25) is 0 Å². The van der Waals surface area contributed by atoms with Gasteiger partial charge in [-0.1, -0.05) is 95.2 Å². The zero-order valence-electron chi connectivity index (χ0n) is 18.6. The van der Waals surface area contributed by atoms with Crippen molar-refractivity contribution in [1.82, 2.24) is 9.97 Å². The van der Waals surface area contributed by atoms with Crippen molar-refractivity contribution in [3.8, 4) is 6.01 Å². The molecule has 0 aliphatic rings. The zero-order chi connectivity index (χ0) is 21.4. The molecule has 0 radical (unpaired) electrons. The normalized spacial score (nSPS) is 12.2. The van der Waals surface area contributed by atoms with Crippen LogP contribution in [0.15, 0.2) is 54.9 Å². The van der Waals surface area contributed by atoms with Gasteiger partial charge in [-0.05, 0) is 30.4 Å². The molecule has 30 heavy (non-hydrogen) atoms. The molecule has 0 aliphatic carbocycles. The van der Waals surface area contributed by atoms with Gasteiger partial charge < -0.3 is 4.74 Å². The zero-order valence-corrected chi connectivity index (χ0v) is 18.6. The number of aromatic nitrogens is 2. The number of hydrogen-bond donors (Lipinski definition) is 0. The van der Waals surface area contributed by atoms with Crippen molar-refractivity contribution in [1.29, 1.82) is 0 Å². The number of carbonyl (C=O) groups is 1. The van der Waals surface area contributed by atoms with E-state index >= 15 is 0 Å². The highest BCUT2D eigenvalue weighted by Gasteiger charge is 2.10. The molecule has 1 heterocycles. The van der Waals surface area contributed by atoms with Crippen LogP contribution in [0.25, 0.3) is 0 Å². The summed E-state index contributed by atoms with van der Waals surface area (Å²) in [5.41, 5.74) is 2.30. The minimum atomic E-state index is -0.430. The van der Waals surface area contributed by atoms with Gasteiger partial charge in [-0.15, -0.1) is 0 Å². The Labute approximate surface area is 181 Å². The average molecular weight is 409 g/mol. The molecule has 4 heteroatoms. The smallest absolute Gasteiger partial charge is 0.338 e. The van der Waals surface area contributed by atoms with Crippen molar-refractivity contribution in [3.63, 3.8) is 0 Å². The number of rotatable bonds is 14. The summed E-state index contributed by atoms with van der Waals surface area (Å²) in [6, 6.07) is 10.4. The molecular formula is C26H36N2O2. The molecule has 1 aromatic heterocycles. The van der Waals surface area contributed by atoms with Crippen molar-refractivity contribution in [3.05, 3.63) is 66.0 Å². The summed E-state index contributed by atoms with van der Waals surface area (Å²) < 4.78 is 5.29. The van der Waals surface area contributed by atoms with E-state index in [-0.39, 0.29) is 11.9 Å². The van der Waals surface area contributed by atoms with Crippen molar-refractivity contribution in [2.75, 3.05) is 0 Å². The van der Waals surface area contributed by atoms with Gasteiger partial charge in [0.25, 0.3) is 0 Å². The Balaban J connectivity index is 1.88. The second-order valence-electron chi connectivity index (χ2n) is 7.83. The maximum absolute atomic E-state index is 12.3. The molecule has 4 nitrogen and oxygen atoms in total. The molecule has 0 bridgehead atoms. The Morgan fingerprint density at radius 3 is 2.27 bits per heavy atom. The van der Waals surface area contributed by atoms with E-state index in [1.165, 1.54) is 50.2 Å². The molecule has 0 saturated carbocycles. The lowest BCUT2D eigenvalue weighted by Crippen LogP contribution is -2.08. The molecule has 1 aromatic carbocycles. The fourth-order valence-electron chi connectivity index (χ4n) is 3.46. The number of aryl methyl sites for hydroxylation is 1. The van der Waals surface area contributed by atoms with E-state index in [1.807, 2.05) is 24.3 Å². The lowest BCUT2D eigenvalue weighted by Gasteiger charge is -2.13. The van der Waals surface area contributed by atoms with Crippen LogP contribution >= 0.6 is 0 Å². The first-order valence-electron chi connectivity index (χ1n) is 11.5. The number of ether oxygens (including phenoxy) is 1. The number of benzene rings is 1. The van der Waals surface area contributed by atoms with Gasteiger partial charge in [0.1, 0.15) is 0 Å². The molecule has 0 spiro atoms. The maximum Gasteiger partial charge on any atom is 0.338 e. The van der Waals surface area contributed by atoms with Crippen molar-refractivity contribution >= 4 is 5.97 Å². The fourth-order valence-corrected chi connectivity index (χ4v) is 3.46. The molecule has 0 saturated heterocycles. The maximum atomic E-state index is 12.3. The number of esters is 1. The van der Waals surface area contributed by atoms with Crippen LogP contribution < -0.4 is 4.74 Å². The second-order valence-corrected chi connectivity index (χ2v) is 7.83. The third-order valence-corrected chi connectivity index (χ3v) is 5.25. The summed E-state index contributed by atoms with van der Waals surface area (Å²) in [5.74, 6) is -0.220.